The molecule has 0 radical (unpaired) electrons. The Labute approximate surface area is 146 Å². The molecule has 6 nitrogen and oxygen atoms in total. The van der Waals surface area contributed by atoms with Crippen LogP contribution in [0.3, 0.4) is 0 Å². The molecule has 6 heteroatoms. The average Bonchev–Trinajstić information content (AvgIpc) is 2.95. The summed E-state index contributed by atoms with van der Waals surface area (Å²) in [4.78, 5) is 37.6. The Balaban J connectivity index is 2.00. The van der Waals surface area contributed by atoms with Gasteiger partial charge < -0.3 is 14.8 Å². The van der Waals surface area contributed by atoms with Crippen LogP contribution in [0.15, 0.2) is 24.3 Å². The second kappa shape index (κ2) is 6.70. The Kier molecular flexibility index (Phi) is 4.61. The van der Waals surface area contributed by atoms with Crippen molar-refractivity contribution in [2.24, 2.45) is 0 Å². The van der Waals surface area contributed by atoms with Gasteiger partial charge in [0, 0.05) is 43.9 Å². The van der Waals surface area contributed by atoms with E-state index in [1.165, 1.54) is 0 Å². The number of rotatable bonds is 5. The van der Waals surface area contributed by atoms with Crippen LogP contribution < -0.4 is 5.32 Å². The van der Waals surface area contributed by atoms with Gasteiger partial charge in [-0.3, -0.25) is 14.4 Å². The van der Waals surface area contributed by atoms with Crippen molar-refractivity contribution < 1.29 is 14.4 Å². The van der Waals surface area contributed by atoms with Crippen LogP contribution in [0.25, 0.3) is 10.9 Å². The first-order valence-corrected chi connectivity index (χ1v) is 8.56. The fourth-order valence-electron chi connectivity index (χ4n) is 3.34. The number of amides is 2. The lowest BCUT2D eigenvalue weighted by Gasteiger charge is -2.28. The molecule has 25 heavy (non-hydrogen) atoms. The molecule has 0 spiro atoms. The van der Waals surface area contributed by atoms with E-state index >= 15 is 0 Å². The van der Waals surface area contributed by atoms with E-state index in [2.05, 4.69) is 5.32 Å². The van der Waals surface area contributed by atoms with Gasteiger partial charge in [0.25, 0.3) is 5.91 Å². The van der Waals surface area contributed by atoms with E-state index in [0.29, 0.717) is 31.6 Å². The van der Waals surface area contributed by atoms with Gasteiger partial charge in [-0.15, -0.1) is 0 Å². The molecule has 1 aliphatic heterocycles. The first-order valence-electron chi connectivity index (χ1n) is 8.56. The second-order valence-corrected chi connectivity index (χ2v) is 6.65. The highest BCUT2D eigenvalue weighted by Gasteiger charge is 2.29. The number of carbonyl (C=O) groups excluding carboxylic acids is 3. The van der Waals surface area contributed by atoms with Gasteiger partial charge in [-0.25, -0.2) is 0 Å². The van der Waals surface area contributed by atoms with Gasteiger partial charge >= 0.3 is 0 Å². The lowest BCUT2D eigenvalue weighted by atomic mass is 10.1. The van der Waals surface area contributed by atoms with E-state index in [-0.39, 0.29) is 23.6 Å². The predicted octanol–water partition coefficient (Wildman–Crippen LogP) is 1.93. The summed E-state index contributed by atoms with van der Waals surface area (Å²) in [6.45, 7) is 4.60. The van der Waals surface area contributed by atoms with E-state index in [0.717, 1.165) is 16.5 Å². The monoisotopic (exact) mass is 341 g/mol. The standard InChI is InChI=1S/C19H23N3O3/c1-4-21(3)18(24)10-15-11-20-19(25)17-9-14-8-13(7-12(2)23)5-6-16(14)22(15)17/h5-6,8-9,15H,4,7,10-11H2,1-3H3,(H,20,25). The number of nitrogens with zero attached hydrogens (tertiary/aromatic N) is 2. The average molecular weight is 341 g/mol. The maximum Gasteiger partial charge on any atom is 0.268 e. The first kappa shape index (κ1) is 17.2. The molecule has 0 saturated carbocycles. The van der Waals surface area contributed by atoms with Crippen molar-refractivity contribution in [2.45, 2.75) is 32.7 Å². The normalized spacial score (nSPS) is 16.4. The molecule has 0 aliphatic carbocycles. The van der Waals surface area contributed by atoms with Crippen LogP contribution in [0.5, 0.6) is 0 Å². The van der Waals surface area contributed by atoms with Crippen molar-refractivity contribution in [3.63, 3.8) is 0 Å². The molecule has 3 rings (SSSR count). The summed E-state index contributed by atoms with van der Waals surface area (Å²) in [5.74, 6) is 0.0358. The molecular weight excluding hydrogens is 318 g/mol. The number of Topliss-reactive ketones (excluding diaryl/α,β-unsaturated/α-hetero) is 1. The zero-order chi connectivity index (χ0) is 18.1. The largest absolute Gasteiger partial charge is 0.349 e. The number of fused-ring (bicyclic) bond motifs is 3. The number of hydrogen-bond acceptors (Lipinski definition) is 3. The van der Waals surface area contributed by atoms with Gasteiger partial charge in [0.05, 0.1) is 6.04 Å². The van der Waals surface area contributed by atoms with Crippen molar-refractivity contribution >= 4 is 28.5 Å². The summed E-state index contributed by atoms with van der Waals surface area (Å²) in [6, 6.07) is 7.54. The van der Waals surface area contributed by atoms with Crippen LogP contribution in [-0.2, 0) is 16.0 Å². The highest BCUT2D eigenvalue weighted by Crippen LogP contribution is 2.29. The third kappa shape index (κ3) is 3.29. The fraction of sp³-hybridized carbons (Fsp3) is 0.421. The molecule has 2 amide bonds. The Morgan fingerprint density at radius 1 is 1.32 bits per heavy atom. The number of benzene rings is 1. The minimum atomic E-state index is -0.128. The van der Waals surface area contributed by atoms with Crippen LogP contribution in [0.4, 0.5) is 0 Å². The highest BCUT2D eigenvalue weighted by molar-refractivity contribution is 6.00. The van der Waals surface area contributed by atoms with Gasteiger partial charge in [0.2, 0.25) is 5.91 Å². The maximum absolute atomic E-state index is 12.3. The quantitative estimate of drug-likeness (QED) is 0.903. The number of hydrogen-bond donors (Lipinski definition) is 1. The Morgan fingerprint density at radius 3 is 2.76 bits per heavy atom. The number of carbonyl (C=O) groups is 3. The van der Waals surface area contributed by atoms with Crippen LogP contribution in [0.1, 0.15) is 42.4 Å². The highest BCUT2D eigenvalue weighted by atomic mass is 16.2. The molecular formula is C19H23N3O3. The van der Waals surface area contributed by atoms with Gasteiger partial charge in [-0.2, -0.15) is 0 Å². The van der Waals surface area contributed by atoms with Gasteiger partial charge in [-0.1, -0.05) is 6.07 Å². The SMILES string of the molecule is CCN(C)C(=O)CC1CNC(=O)c2cc3cc(CC(C)=O)ccc3n21. The van der Waals surface area contributed by atoms with E-state index in [1.807, 2.05) is 35.8 Å². The minimum Gasteiger partial charge on any atom is -0.349 e. The number of ketones is 1. The Hall–Kier alpha value is -2.63. The van der Waals surface area contributed by atoms with Crippen molar-refractivity contribution in [3.8, 4) is 0 Å². The summed E-state index contributed by atoms with van der Waals surface area (Å²) in [7, 11) is 1.78. The fourth-order valence-corrected chi connectivity index (χ4v) is 3.34. The van der Waals surface area contributed by atoms with Crippen molar-refractivity contribution in [1.82, 2.24) is 14.8 Å². The molecule has 1 N–H and O–H groups in total. The number of aromatic nitrogens is 1. The molecule has 132 valence electrons. The topological polar surface area (TPSA) is 71.4 Å². The van der Waals surface area contributed by atoms with Gasteiger partial charge in [-0.05, 0) is 37.6 Å². The van der Waals surface area contributed by atoms with Crippen LogP contribution >= 0.6 is 0 Å². The molecule has 0 bridgehead atoms. The third-order valence-electron chi connectivity index (χ3n) is 4.76. The predicted molar refractivity (Wildman–Crippen MR) is 95.6 cm³/mol. The minimum absolute atomic E-state index is 0.0599. The summed E-state index contributed by atoms with van der Waals surface area (Å²) < 4.78 is 1.97. The Morgan fingerprint density at radius 2 is 2.08 bits per heavy atom. The van der Waals surface area contributed by atoms with Crippen molar-refractivity contribution in [2.75, 3.05) is 20.1 Å². The number of nitrogens with one attached hydrogen (secondary N) is 1. The molecule has 1 aromatic carbocycles. The van der Waals surface area contributed by atoms with Crippen molar-refractivity contribution in [3.05, 3.63) is 35.5 Å². The van der Waals surface area contributed by atoms with Crippen LogP contribution in [-0.4, -0.2) is 47.2 Å². The Bertz CT molecular complexity index is 853. The van der Waals surface area contributed by atoms with Crippen LogP contribution in [0.2, 0.25) is 0 Å². The second-order valence-electron chi connectivity index (χ2n) is 6.65. The van der Waals surface area contributed by atoms with Gasteiger partial charge in [0.1, 0.15) is 11.5 Å². The summed E-state index contributed by atoms with van der Waals surface area (Å²) in [5, 5.41) is 3.80. The smallest absolute Gasteiger partial charge is 0.268 e. The molecule has 1 unspecified atom stereocenters. The summed E-state index contributed by atoms with van der Waals surface area (Å²) in [5.41, 5.74) is 2.42. The lowest BCUT2D eigenvalue weighted by molar-refractivity contribution is -0.130. The molecule has 1 atom stereocenters. The molecule has 0 saturated heterocycles. The van der Waals surface area contributed by atoms with E-state index in [1.54, 1.807) is 18.9 Å². The van der Waals surface area contributed by atoms with Crippen molar-refractivity contribution in [1.29, 1.82) is 0 Å². The van der Waals surface area contributed by atoms with Crippen LogP contribution in [0, 0.1) is 0 Å². The molecule has 0 fully saturated rings. The molecule has 1 aliphatic rings. The molecule has 2 aromatic rings. The van der Waals surface area contributed by atoms with E-state index < -0.39 is 0 Å². The third-order valence-corrected chi connectivity index (χ3v) is 4.76. The van der Waals surface area contributed by atoms with E-state index in [4.69, 9.17) is 0 Å². The summed E-state index contributed by atoms with van der Waals surface area (Å²) >= 11 is 0. The molecule has 2 heterocycles. The molecule has 1 aromatic heterocycles. The zero-order valence-corrected chi connectivity index (χ0v) is 14.8. The lowest BCUT2D eigenvalue weighted by Crippen LogP contribution is -2.41. The summed E-state index contributed by atoms with van der Waals surface area (Å²) in [6.07, 6.45) is 0.725. The first-order chi connectivity index (χ1) is 11.9. The van der Waals surface area contributed by atoms with Gasteiger partial charge in [0.15, 0.2) is 0 Å². The maximum atomic E-state index is 12.3. The zero-order valence-electron chi connectivity index (χ0n) is 14.8. The van der Waals surface area contributed by atoms with E-state index in [9.17, 15) is 14.4 Å².